The van der Waals surface area contributed by atoms with Crippen molar-refractivity contribution in [2.45, 2.75) is 13.5 Å². The molecule has 0 amide bonds. The Hall–Kier alpha value is -1.28. The van der Waals surface area contributed by atoms with Crippen molar-refractivity contribution in [3.63, 3.8) is 0 Å². The van der Waals surface area contributed by atoms with Gasteiger partial charge >= 0.3 is 0 Å². The molecule has 13 heavy (non-hydrogen) atoms. The van der Waals surface area contributed by atoms with Crippen molar-refractivity contribution in [1.29, 1.82) is 0 Å². The van der Waals surface area contributed by atoms with E-state index in [9.17, 15) is 0 Å². The first-order valence-electron chi connectivity index (χ1n) is 4.47. The smallest absolute Gasteiger partial charge is 0.0483 e. The van der Waals surface area contributed by atoms with Gasteiger partial charge in [-0.15, -0.1) is 0 Å². The summed E-state index contributed by atoms with van der Waals surface area (Å²) in [6, 6.07) is 6.39. The normalized spacial score (nSPS) is 11.0. The standard InChI is InChI=1S/C11H14N2/c1-8-7-13(2)11-5-9(6-12)3-4-10(8)11/h3-5,7H,6,12H2,1-2H3. The number of aryl methyl sites for hydroxylation is 2. The SMILES string of the molecule is Cc1cn(C)c2cc(CN)ccc12. The Morgan fingerprint density at radius 2 is 2.15 bits per heavy atom. The maximum absolute atomic E-state index is 5.59. The zero-order chi connectivity index (χ0) is 9.42. The van der Waals surface area contributed by atoms with Crippen molar-refractivity contribution in [1.82, 2.24) is 4.57 Å². The molecule has 0 aliphatic heterocycles. The van der Waals surface area contributed by atoms with Gasteiger partial charge in [0.05, 0.1) is 0 Å². The van der Waals surface area contributed by atoms with E-state index in [0.717, 1.165) is 0 Å². The van der Waals surface area contributed by atoms with Gasteiger partial charge in [0.25, 0.3) is 0 Å². The van der Waals surface area contributed by atoms with Gasteiger partial charge in [-0.3, -0.25) is 0 Å². The Morgan fingerprint density at radius 3 is 2.85 bits per heavy atom. The van der Waals surface area contributed by atoms with Gasteiger partial charge in [-0.05, 0) is 24.1 Å². The first-order chi connectivity index (χ1) is 6.22. The quantitative estimate of drug-likeness (QED) is 0.703. The third-order valence-electron chi connectivity index (χ3n) is 2.49. The van der Waals surface area contributed by atoms with E-state index in [1.165, 1.54) is 22.0 Å². The summed E-state index contributed by atoms with van der Waals surface area (Å²) in [7, 11) is 2.07. The molecule has 68 valence electrons. The predicted octanol–water partition coefficient (Wildman–Crippen LogP) is 1.95. The molecule has 0 fully saturated rings. The molecule has 2 N–H and O–H groups in total. The Bertz CT molecular complexity index is 441. The molecule has 2 heteroatoms. The van der Waals surface area contributed by atoms with Crippen LogP contribution in [0.3, 0.4) is 0 Å². The molecule has 0 spiro atoms. The van der Waals surface area contributed by atoms with Crippen molar-refractivity contribution in [2.75, 3.05) is 0 Å². The van der Waals surface area contributed by atoms with E-state index in [2.05, 4.69) is 42.9 Å². The predicted molar refractivity (Wildman–Crippen MR) is 55.5 cm³/mol. The van der Waals surface area contributed by atoms with Crippen LogP contribution in [0.15, 0.2) is 24.4 Å². The zero-order valence-electron chi connectivity index (χ0n) is 8.04. The maximum Gasteiger partial charge on any atom is 0.0483 e. The number of hydrogen-bond donors (Lipinski definition) is 1. The number of aromatic nitrogens is 1. The Labute approximate surface area is 78.0 Å². The van der Waals surface area contributed by atoms with Gasteiger partial charge in [-0.25, -0.2) is 0 Å². The molecule has 0 saturated heterocycles. The molecule has 0 radical (unpaired) electrons. The number of hydrogen-bond acceptors (Lipinski definition) is 1. The third kappa shape index (κ3) is 1.23. The second kappa shape index (κ2) is 2.89. The van der Waals surface area contributed by atoms with Gasteiger partial charge in [0, 0.05) is 30.7 Å². The molecule has 0 unspecified atom stereocenters. The average Bonchev–Trinajstić information content (AvgIpc) is 2.42. The summed E-state index contributed by atoms with van der Waals surface area (Å²) in [5, 5.41) is 1.32. The molecule has 2 aromatic rings. The summed E-state index contributed by atoms with van der Waals surface area (Å²) in [6.07, 6.45) is 2.14. The van der Waals surface area contributed by atoms with Crippen LogP contribution in [0, 0.1) is 6.92 Å². The minimum Gasteiger partial charge on any atom is -0.350 e. The van der Waals surface area contributed by atoms with Crippen LogP contribution in [0.4, 0.5) is 0 Å². The molecule has 0 bridgehead atoms. The molecule has 1 aromatic carbocycles. The Balaban J connectivity index is 2.76. The Morgan fingerprint density at radius 1 is 1.38 bits per heavy atom. The van der Waals surface area contributed by atoms with E-state index >= 15 is 0 Å². The second-order valence-electron chi connectivity index (χ2n) is 3.48. The van der Waals surface area contributed by atoms with Crippen molar-refractivity contribution in [2.24, 2.45) is 12.8 Å². The number of fused-ring (bicyclic) bond motifs is 1. The fourth-order valence-corrected chi connectivity index (χ4v) is 1.76. The van der Waals surface area contributed by atoms with Crippen molar-refractivity contribution in [3.8, 4) is 0 Å². The van der Waals surface area contributed by atoms with Gasteiger partial charge in [0.15, 0.2) is 0 Å². The van der Waals surface area contributed by atoms with Gasteiger partial charge in [0.1, 0.15) is 0 Å². The molecule has 0 aliphatic rings. The minimum absolute atomic E-state index is 0.611. The number of benzene rings is 1. The molecule has 2 nitrogen and oxygen atoms in total. The highest BCUT2D eigenvalue weighted by Gasteiger charge is 2.02. The zero-order valence-corrected chi connectivity index (χ0v) is 8.04. The topological polar surface area (TPSA) is 30.9 Å². The van der Waals surface area contributed by atoms with Crippen molar-refractivity contribution in [3.05, 3.63) is 35.5 Å². The van der Waals surface area contributed by atoms with E-state index in [4.69, 9.17) is 5.73 Å². The van der Waals surface area contributed by atoms with Crippen LogP contribution < -0.4 is 5.73 Å². The lowest BCUT2D eigenvalue weighted by atomic mass is 10.1. The summed E-state index contributed by atoms with van der Waals surface area (Å²) in [5.41, 5.74) is 9.36. The van der Waals surface area contributed by atoms with Crippen LogP contribution in [0.5, 0.6) is 0 Å². The van der Waals surface area contributed by atoms with Crippen LogP contribution >= 0.6 is 0 Å². The highest BCUT2D eigenvalue weighted by Crippen LogP contribution is 2.20. The van der Waals surface area contributed by atoms with E-state index < -0.39 is 0 Å². The van der Waals surface area contributed by atoms with Gasteiger partial charge in [0.2, 0.25) is 0 Å². The lowest BCUT2D eigenvalue weighted by Crippen LogP contribution is -1.96. The number of rotatable bonds is 1. The summed E-state index contributed by atoms with van der Waals surface area (Å²) in [6.45, 7) is 2.74. The molecule has 0 aliphatic carbocycles. The first kappa shape index (κ1) is 8.32. The lowest BCUT2D eigenvalue weighted by Gasteiger charge is -1.99. The number of nitrogens with zero attached hydrogens (tertiary/aromatic N) is 1. The maximum atomic E-state index is 5.59. The summed E-state index contributed by atoms with van der Waals surface area (Å²) in [4.78, 5) is 0. The van der Waals surface area contributed by atoms with Crippen LogP contribution in [0.2, 0.25) is 0 Å². The fourth-order valence-electron chi connectivity index (χ4n) is 1.76. The summed E-state index contributed by atoms with van der Waals surface area (Å²) >= 11 is 0. The van der Waals surface area contributed by atoms with Crippen molar-refractivity contribution < 1.29 is 0 Å². The molecular weight excluding hydrogens is 160 g/mol. The van der Waals surface area contributed by atoms with E-state index in [1.54, 1.807) is 0 Å². The summed E-state index contributed by atoms with van der Waals surface area (Å²) < 4.78 is 2.14. The minimum atomic E-state index is 0.611. The summed E-state index contributed by atoms with van der Waals surface area (Å²) in [5.74, 6) is 0. The molecular formula is C11H14N2. The van der Waals surface area contributed by atoms with Crippen LogP contribution in [0.25, 0.3) is 10.9 Å². The van der Waals surface area contributed by atoms with E-state index in [-0.39, 0.29) is 0 Å². The fraction of sp³-hybridized carbons (Fsp3) is 0.273. The first-order valence-corrected chi connectivity index (χ1v) is 4.47. The second-order valence-corrected chi connectivity index (χ2v) is 3.48. The van der Waals surface area contributed by atoms with Gasteiger partial charge in [-0.2, -0.15) is 0 Å². The van der Waals surface area contributed by atoms with Crippen LogP contribution in [-0.4, -0.2) is 4.57 Å². The van der Waals surface area contributed by atoms with Crippen molar-refractivity contribution >= 4 is 10.9 Å². The van der Waals surface area contributed by atoms with E-state index in [1.807, 2.05) is 0 Å². The van der Waals surface area contributed by atoms with Crippen LogP contribution in [-0.2, 0) is 13.6 Å². The molecule has 0 atom stereocenters. The molecule has 0 saturated carbocycles. The highest BCUT2D eigenvalue weighted by atomic mass is 14.9. The third-order valence-corrected chi connectivity index (χ3v) is 2.49. The van der Waals surface area contributed by atoms with Crippen LogP contribution in [0.1, 0.15) is 11.1 Å². The Kier molecular flexibility index (Phi) is 1.85. The highest BCUT2D eigenvalue weighted by molar-refractivity contribution is 5.84. The number of nitrogens with two attached hydrogens (primary N) is 1. The monoisotopic (exact) mass is 174 g/mol. The lowest BCUT2D eigenvalue weighted by molar-refractivity contribution is 0.960. The average molecular weight is 174 g/mol. The van der Waals surface area contributed by atoms with Gasteiger partial charge < -0.3 is 10.3 Å². The molecule has 2 rings (SSSR count). The molecule has 1 aromatic heterocycles. The largest absolute Gasteiger partial charge is 0.350 e. The van der Waals surface area contributed by atoms with E-state index in [0.29, 0.717) is 6.54 Å². The molecule has 1 heterocycles. The van der Waals surface area contributed by atoms with Gasteiger partial charge in [-0.1, -0.05) is 12.1 Å².